The van der Waals surface area contributed by atoms with Crippen molar-refractivity contribution in [2.75, 3.05) is 32.8 Å². The van der Waals surface area contributed by atoms with E-state index >= 15 is 0 Å². The summed E-state index contributed by atoms with van der Waals surface area (Å²) in [7, 11) is 0. The molecule has 3 nitrogen and oxygen atoms in total. The number of hydrogen-bond donors (Lipinski definition) is 1. The number of thiophene rings is 1. The van der Waals surface area contributed by atoms with Gasteiger partial charge in [0, 0.05) is 42.6 Å². The lowest BCUT2D eigenvalue weighted by atomic mass is 9.92. The van der Waals surface area contributed by atoms with Crippen LogP contribution in [0, 0.1) is 5.92 Å². The summed E-state index contributed by atoms with van der Waals surface area (Å²) in [5.74, 6) is 0.631. The van der Waals surface area contributed by atoms with Crippen molar-refractivity contribution in [3.05, 3.63) is 21.9 Å². The Morgan fingerprint density at radius 3 is 3.25 bits per heavy atom. The van der Waals surface area contributed by atoms with E-state index < -0.39 is 0 Å². The lowest BCUT2D eigenvalue weighted by Crippen LogP contribution is -2.49. The second kappa shape index (κ2) is 6.56. The number of ether oxygens (including phenoxy) is 1. The molecule has 2 aliphatic rings. The first-order chi connectivity index (χ1) is 9.79. The zero-order valence-electron chi connectivity index (χ0n) is 12.6. The van der Waals surface area contributed by atoms with Crippen LogP contribution in [-0.2, 0) is 11.2 Å². The molecule has 0 aromatic carbocycles. The van der Waals surface area contributed by atoms with E-state index in [-0.39, 0.29) is 0 Å². The molecule has 1 aromatic rings. The fourth-order valence-corrected chi connectivity index (χ4v) is 4.58. The van der Waals surface area contributed by atoms with E-state index in [0.717, 1.165) is 32.7 Å². The van der Waals surface area contributed by atoms with E-state index in [0.29, 0.717) is 18.0 Å². The molecule has 3 unspecified atom stereocenters. The third-order valence-electron chi connectivity index (χ3n) is 4.81. The average molecular weight is 294 g/mol. The van der Waals surface area contributed by atoms with Gasteiger partial charge in [0.25, 0.3) is 0 Å². The predicted octanol–water partition coefficient (Wildman–Crippen LogP) is 2.68. The van der Waals surface area contributed by atoms with Gasteiger partial charge in [-0.15, -0.1) is 11.3 Å². The van der Waals surface area contributed by atoms with Gasteiger partial charge in [-0.1, -0.05) is 6.92 Å². The van der Waals surface area contributed by atoms with Crippen LogP contribution in [-0.4, -0.2) is 43.8 Å². The van der Waals surface area contributed by atoms with E-state index in [9.17, 15) is 0 Å². The summed E-state index contributed by atoms with van der Waals surface area (Å²) < 4.78 is 5.73. The lowest BCUT2D eigenvalue weighted by molar-refractivity contribution is 0.0102. The molecule has 0 amide bonds. The van der Waals surface area contributed by atoms with Gasteiger partial charge in [0.2, 0.25) is 0 Å². The minimum Gasteiger partial charge on any atom is -0.381 e. The highest BCUT2D eigenvalue weighted by atomic mass is 32.1. The number of nitrogens with zero attached hydrogens (tertiary/aromatic N) is 1. The standard InChI is InChI=1S/C16H26N2OS/c1-3-17-15-5-8-19-11-13(15)10-18-7-4-16-14(12(18)2)6-9-20-16/h6,9,12-13,15,17H,3-5,7-8,10-11H2,1-2H3. The summed E-state index contributed by atoms with van der Waals surface area (Å²) in [5.41, 5.74) is 1.55. The third kappa shape index (κ3) is 2.93. The van der Waals surface area contributed by atoms with Crippen molar-refractivity contribution in [1.82, 2.24) is 10.2 Å². The molecule has 0 aliphatic carbocycles. The minimum atomic E-state index is 0.564. The van der Waals surface area contributed by atoms with Crippen LogP contribution in [0.4, 0.5) is 0 Å². The maximum absolute atomic E-state index is 5.73. The van der Waals surface area contributed by atoms with Crippen LogP contribution in [0.1, 0.15) is 36.8 Å². The minimum absolute atomic E-state index is 0.564. The van der Waals surface area contributed by atoms with Gasteiger partial charge in [-0.05, 0) is 43.3 Å². The normalized spacial score (nSPS) is 31.2. The predicted molar refractivity (Wildman–Crippen MR) is 84.4 cm³/mol. The molecule has 1 fully saturated rings. The summed E-state index contributed by atoms with van der Waals surface area (Å²) in [6.45, 7) is 9.81. The molecule has 20 heavy (non-hydrogen) atoms. The van der Waals surface area contributed by atoms with Gasteiger partial charge < -0.3 is 10.1 Å². The van der Waals surface area contributed by atoms with Gasteiger partial charge in [0.05, 0.1) is 6.61 Å². The molecule has 3 heterocycles. The van der Waals surface area contributed by atoms with Crippen molar-refractivity contribution in [3.63, 3.8) is 0 Å². The average Bonchev–Trinajstić information content (AvgIpc) is 2.93. The van der Waals surface area contributed by atoms with Crippen molar-refractivity contribution < 1.29 is 4.74 Å². The van der Waals surface area contributed by atoms with E-state index in [1.165, 1.54) is 13.0 Å². The number of nitrogens with one attached hydrogen (secondary N) is 1. The number of fused-ring (bicyclic) bond motifs is 1. The second-order valence-corrected chi connectivity index (χ2v) is 7.01. The van der Waals surface area contributed by atoms with Crippen LogP contribution < -0.4 is 5.32 Å². The van der Waals surface area contributed by atoms with Crippen molar-refractivity contribution in [3.8, 4) is 0 Å². The highest BCUT2D eigenvalue weighted by Gasteiger charge is 2.31. The number of rotatable bonds is 4. The summed E-state index contributed by atoms with van der Waals surface area (Å²) in [6, 6.07) is 3.51. The second-order valence-electron chi connectivity index (χ2n) is 6.01. The quantitative estimate of drug-likeness (QED) is 0.924. The summed E-state index contributed by atoms with van der Waals surface area (Å²) in [6.07, 6.45) is 2.38. The lowest BCUT2D eigenvalue weighted by Gasteiger charge is -2.40. The first kappa shape index (κ1) is 14.5. The van der Waals surface area contributed by atoms with Crippen LogP contribution in [0.3, 0.4) is 0 Å². The van der Waals surface area contributed by atoms with Gasteiger partial charge in [0.1, 0.15) is 0 Å². The Bertz CT molecular complexity index is 432. The number of hydrogen-bond acceptors (Lipinski definition) is 4. The smallest absolute Gasteiger partial charge is 0.0521 e. The molecule has 112 valence electrons. The zero-order chi connectivity index (χ0) is 13.9. The van der Waals surface area contributed by atoms with Crippen LogP contribution in [0.2, 0.25) is 0 Å². The van der Waals surface area contributed by atoms with Crippen LogP contribution in [0.25, 0.3) is 0 Å². The molecular weight excluding hydrogens is 268 g/mol. The van der Waals surface area contributed by atoms with Gasteiger partial charge in [-0.3, -0.25) is 4.90 Å². The SMILES string of the molecule is CCNC1CCOCC1CN1CCc2sccc2C1C. The van der Waals surface area contributed by atoms with E-state index in [1.807, 2.05) is 11.3 Å². The van der Waals surface area contributed by atoms with Crippen LogP contribution in [0.5, 0.6) is 0 Å². The van der Waals surface area contributed by atoms with E-state index in [4.69, 9.17) is 4.74 Å². The highest BCUT2D eigenvalue weighted by molar-refractivity contribution is 7.10. The van der Waals surface area contributed by atoms with Crippen LogP contribution in [0.15, 0.2) is 11.4 Å². The van der Waals surface area contributed by atoms with Gasteiger partial charge in [-0.25, -0.2) is 0 Å². The Kier molecular flexibility index (Phi) is 4.76. The first-order valence-corrected chi connectivity index (χ1v) is 8.79. The molecule has 1 saturated heterocycles. The summed E-state index contributed by atoms with van der Waals surface area (Å²) >= 11 is 1.92. The Hall–Kier alpha value is -0.420. The Morgan fingerprint density at radius 2 is 2.40 bits per heavy atom. The molecule has 3 atom stereocenters. The Morgan fingerprint density at radius 1 is 1.50 bits per heavy atom. The molecule has 2 aliphatic heterocycles. The fourth-order valence-electron chi connectivity index (χ4n) is 3.62. The molecular formula is C16H26N2OS. The maximum atomic E-state index is 5.73. The van der Waals surface area contributed by atoms with Crippen LogP contribution >= 0.6 is 11.3 Å². The molecule has 4 heteroatoms. The molecule has 3 rings (SSSR count). The maximum Gasteiger partial charge on any atom is 0.0521 e. The molecule has 1 aromatic heterocycles. The van der Waals surface area contributed by atoms with E-state index in [2.05, 4.69) is 35.5 Å². The summed E-state index contributed by atoms with van der Waals surface area (Å²) in [5, 5.41) is 5.89. The topological polar surface area (TPSA) is 24.5 Å². The molecule has 0 radical (unpaired) electrons. The third-order valence-corrected chi connectivity index (χ3v) is 5.81. The monoisotopic (exact) mass is 294 g/mol. The molecule has 0 spiro atoms. The summed E-state index contributed by atoms with van der Waals surface area (Å²) in [4.78, 5) is 4.25. The largest absolute Gasteiger partial charge is 0.381 e. The Labute approximate surface area is 126 Å². The fraction of sp³-hybridized carbons (Fsp3) is 0.750. The zero-order valence-corrected chi connectivity index (χ0v) is 13.4. The van der Waals surface area contributed by atoms with Crippen molar-refractivity contribution in [1.29, 1.82) is 0 Å². The van der Waals surface area contributed by atoms with Crippen molar-refractivity contribution >= 4 is 11.3 Å². The van der Waals surface area contributed by atoms with Crippen molar-refractivity contribution in [2.45, 2.75) is 38.8 Å². The van der Waals surface area contributed by atoms with Gasteiger partial charge >= 0.3 is 0 Å². The molecule has 0 saturated carbocycles. The van der Waals surface area contributed by atoms with E-state index in [1.54, 1.807) is 10.4 Å². The Balaban J connectivity index is 1.65. The molecule has 0 bridgehead atoms. The first-order valence-electron chi connectivity index (χ1n) is 7.91. The van der Waals surface area contributed by atoms with Crippen molar-refractivity contribution in [2.24, 2.45) is 5.92 Å². The van der Waals surface area contributed by atoms with Gasteiger partial charge in [0.15, 0.2) is 0 Å². The highest BCUT2D eigenvalue weighted by Crippen LogP contribution is 2.33. The van der Waals surface area contributed by atoms with Gasteiger partial charge in [-0.2, -0.15) is 0 Å². The molecule has 1 N–H and O–H groups in total.